The molecule has 0 saturated heterocycles. The summed E-state index contributed by atoms with van der Waals surface area (Å²) in [6.45, 7) is 1.94. The maximum absolute atomic E-state index is 11.4. The van der Waals surface area contributed by atoms with Crippen molar-refractivity contribution in [2.45, 2.75) is 13.1 Å². The van der Waals surface area contributed by atoms with Gasteiger partial charge < -0.3 is 10.1 Å². The molecule has 7 nitrogen and oxygen atoms in total. The van der Waals surface area contributed by atoms with Crippen molar-refractivity contribution in [3.63, 3.8) is 0 Å². The second-order valence-electron chi connectivity index (χ2n) is 3.33. The predicted molar refractivity (Wildman–Crippen MR) is 65.2 cm³/mol. The molecule has 7 heteroatoms. The molecule has 3 amide bonds. The molecular formula is C11H16N4O3. The zero-order chi connectivity index (χ0) is 13.4. The lowest BCUT2D eigenvalue weighted by atomic mass is 10.2. The fourth-order valence-electron chi connectivity index (χ4n) is 1.31. The van der Waals surface area contributed by atoms with Gasteiger partial charge in [0.15, 0.2) is 0 Å². The first-order chi connectivity index (χ1) is 8.67. The van der Waals surface area contributed by atoms with E-state index < -0.39 is 18.3 Å². The Labute approximate surface area is 105 Å². The molecule has 1 unspecified atom stereocenters. The smallest absolute Gasteiger partial charge is 0.409 e. The first-order valence-electron chi connectivity index (χ1n) is 5.42. The van der Waals surface area contributed by atoms with E-state index in [0.717, 1.165) is 0 Å². The Morgan fingerprint density at radius 2 is 1.94 bits per heavy atom. The molecule has 1 rings (SSSR count). The van der Waals surface area contributed by atoms with Crippen LogP contribution in [0.3, 0.4) is 0 Å². The number of carbonyl (C=O) groups is 2. The van der Waals surface area contributed by atoms with Crippen molar-refractivity contribution in [3.8, 4) is 0 Å². The second kappa shape index (κ2) is 7.13. The van der Waals surface area contributed by atoms with E-state index in [1.54, 1.807) is 31.2 Å². The topological polar surface area (TPSA) is 105 Å². The van der Waals surface area contributed by atoms with Gasteiger partial charge in [-0.1, -0.05) is 30.3 Å². The molecular weight excluding hydrogens is 236 g/mol. The van der Waals surface area contributed by atoms with Crippen LogP contribution in [0.15, 0.2) is 30.3 Å². The number of benzene rings is 1. The molecule has 0 heterocycles. The Balaban J connectivity index is 2.75. The lowest BCUT2D eigenvalue weighted by Gasteiger charge is -2.19. The minimum atomic E-state index is -0.714. The molecule has 0 aliphatic rings. The summed E-state index contributed by atoms with van der Waals surface area (Å²) in [6, 6.07) is 8.31. The number of alkyl carbamates (subject to hydrolysis) is 1. The number of amides is 3. The summed E-state index contributed by atoms with van der Waals surface area (Å²) < 4.78 is 4.76. The monoisotopic (exact) mass is 252 g/mol. The molecule has 1 aromatic carbocycles. The van der Waals surface area contributed by atoms with Crippen LogP contribution in [0.5, 0.6) is 0 Å². The third-order valence-corrected chi connectivity index (χ3v) is 2.08. The van der Waals surface area contributed by atoms with Gasteiger partial charge in [0, 0.05) is 0 Å². The number of hydrazine groups is 1. The third kappa shape index (κ3) is 4.30. The Morgan fingerprint density at radius 3 is 2.50 bits per heavy atom. The minimum Gasteiger partial charge on any atom is -0.450 e. The molecule has 0 spiro atoms. The molecule has 18 heavy (non-hydrogen) atoms. The molecule has 0 fully saturated rings. The highest BCUT2D eigenvalue weighted by atomic mass is 16.5. The lowest BCUT2D eigenvalue weighted by molar-refractivity contribution is 0.146. The maximum Gasteiger partial charge on any atom is 0.409 e. The van der Waals surface area contributed by atoms with Crippen LogP contribution in [0.2, 0.25) is 0 Å². The fourth-order valence-corrected chi connectivity index (χ4v) is 1.31. The number of hydrogen-bond donors (Lipinski definition) is 4. The molecule has 0 bridgehead atoms. The molecule has 0 radical (unpaired) electrons. The molecule has 1 aromatic rings. The summed E-state index contributed by atoms with van der Waals surface area (Å²) in [5, 5.41) is 5.00. The van der Waals surface area contributed by atoms with Crippen LogP contribution < -0.4 is 21.9 Å². The number of ether oxygens (including phenoxy) is 1. The van der Waals surface area contributed by atoms with E-state index in [4.69, 9.17) is 10.6 Å². The number of carbonyl (C=O) groups excluding carboxylic acids is 2. The van der Waals surface area contributed by atoms with Crippen LogP contribution in [-0.2, 0) is 4.74 Å². The summed E-state index contributed by atoms with van der Waals surface area (Å²) >= 11 is 0. The minimum absolute atomic E-state index is 0.246. The summed E-state index contributed by atoms with van der Waals surface area (Å²) in [5.41, 5.74) is 2.63. The Hall–Kier alpha value is -2.28. The van der Waals surface area contributed by atoms with Crippen molar-refractivity contribution in [2.24, 2.45) is 5.84 Å². The number of rotatable bonds is 4. The first kappa shape index (κ1) is 13.8. The predicted octanol–water partition coefficient (Wildman–Crippen LogP) is 0.604. The van der Waals surface area contributed by atoms with E-state index in [9.17, 15) is 9.59 Å². The van der Waals surface area contributed by atoms with Crippen LogP contribution in [0.4, 0.5) is 9.59 Å². The number of hydrogen-bond acceptors (Lipinski definition) is 4. The summed E-state index contributed by atoms with van der Waals surface area (Å²) in [4.78, 5) is 22.6. The van der Waals surface area contributed by atoms with Gasteiger partial charge in [-0.05, 0) is 12.5 Å². The van der Waals surface area contributed by atoms with Crippen molar-refractivity contribution in [3.05, 3.63) is 35.9 Å². The fraction of sp³-hybridized carbons (Fsp3) is 0.273. The van der Waals surface area contributed by atoms with Crippen molar-refractivity contribution in [1.82, 2.24) is 16.1 Å². The first-order valence-corrected chi connectivity index (χ1v) is 5.42. The standard InChI is InChI=1S/C11H16N4O3/c1-2-18-11(17)14-9(13-10(16)15-12)8-6-4-3-5-7-8/h3-7,9H,2,12H2,1H3,(H,14,17)(H2,13,15,16). The van der Waals surface area contributed by atoms with Crippen molar-refractivity contribution < 1.29 is 14.3 Å². The summed E-state index contributed by atoms with van der Waals surface area (Å²) in [5.74, 6) is 4.98. The number of urea groups is 1. The van der Waals surface area contributed by atoms with Gasteiger partial charge in [-0.3, -0.25) is 10.7 Å². The van der Waals surface area contributed by atoms with Crippen molar-refractivity contribution in [1.29, 1.82) is 0 Å². The van der Waals surface area contributed by atoms with Crippen LogP contribution in [0, 0.1) is 0 Å². The quantitative estimate of drug-likeness (QED) is 0.272. The van der Waals surface area contributed by atoms with Gasteiger partial charge in [0.25, 0.3) is 0 Å². The van der Waals surface area contributed by atoms with Crippen LogP contribution in [0.25, 0.3) is 0 Å². The third-order valence-electron chi connectivity index (χ3n) is 2.08. The van der Waals surface area contributed by atoms with Gasteiger partial charge in [-0.15, -0.1) is 0 Å². The summed E-state index contributed by atoms with van der Waals surface area (Å²) in [6.07, 6.45) is -1.34. The maximum atomic E-state index is 11.4. The number of nitrogens with one attached hydrogen (secondary N) is 3. The van der Waals surface area contributed by atoms with Crippen molar-refractivity contribution >= 4 is 12.1 Å². The SMILES string of the molecule is CCOC(=O)NC(NC(=O)NN)c1ccccc1. The molecule has 0 aromatic heterocycles. The largest absolute Gasteiger partial charge is 0.450 e. The van der Waals surface area contributed by atoms with Gasteiger partial charge in [0.2, 0.25) is 0 Å². The van der Waals surface area contributed by atoms with Gasteiger partial charge in [-0.25, -0.2) is 15.4 Å². The van der Waals surface area contributed by atoms with Gasteiger partial charge in [0.1, 0.15) is 6.17 Å². The Kier molecular flexibility index (Phi) is 5.46. The molecule has 0 saturated carbocycles. The summed E-state index contributed by atoms with van der Waals surface area (Å²) in [7, 11) is 0. The van der Waals surface area contributed by atoms with Crippen LogP contribution >= 0.6 is 0 Å². The van der Waals surface area contributed by atoms with Gasteiger partial charge in [-0.2, -0.15) is 0 Å². The van der Waals surface area contributed by atoms with Crippen LogP contribution in [-0.4, -0.2) is 18.7 Å². The van der Waals surface area contributed by atoms with Crippen molar-refractivity contribution in [2.75, 3.05) is 6.61 Å². The highest BCUT2D eigenvalue weighted by Gasteiger charge is 2.16. The van der Waals surface area contributed by atoms with E-state index in [0.29, 0.717) is 5.56 Å². The molecule has 0 aliphatic carbocycles. The lowest BCUT2D eigenvalue weighted by Crippen LogP contribution is -2.47. The zero-order valence-corrected chi connectivity index (χ0v) is 9.97. The average Bonchev–Trinajstić information content (AvgIpc) is 2.39. The van der Waals surface area contributed by atoms with E-state index in [-0.39, 0.29) is 6.61 Å². The van der Waals surface area contributed by atoms with E-state index in [2.05, 4.69) is 10.6 Å². The highest BCUT2D eigenvalue weighted by molar-refractivity contribution is 5.75. The molecule has 1 atom stereocenters. The zero-order valence-electron chi connectivity index (χ0n) is 9.97. The Morgan fingerprint density at radius 1 is 1.28 bits per heavy atom. The second-order valence-corrected chi connectivity index (χ2v) is 3.33. The molecule has 0 aliphatic heterocycles. The number of nitrogens with two attached hydrogens (primary N) is 1. The van der Waals surface area contributed by atoms with Gasteiger partial charge in [0.05, 0.1) is 6.61 Å². The average molecular weight is 252 g/mol. The Bertz CT molecular complexity index is 397. The molecule has 98 valence electrons. The molecule has 5 N–H and O–H groups in total. The van der Waals surface area contributed by atoms with Crippen LogP contribution in [0.1, 0.15) is 18.7 Å². The van der Waals surface area contributed by atoms with Gasteiger partial charge >= 0.3 is 12.1 Å². The van der Waals surface area contributed by atoms with E-state index >= 15 is 0 Å². The van der Waals surface area contributed by atoms with E-state index in [1.807, 2.05) is 11.5 Å². The normalized spacial score (nSPS) is 11.2. The van der Waals surface area contributed by atoms with E-state index in [1.165, 1.54) is 0 Å². The highest BCUT2D eigenvalue weighted by Crippen LogP contribution is 2.09.